The van der Waals surface area contributed by atoms with Crippen molar-refractivity contribution in [1.29, 1.82) is 0 Å². The quantitative estimate of drug-likeness (QED) is 0.0789. The molecule has 0 saturated heterocycles. The van der Waals surface area contributed by atoms with Crippen molar-refractivity contribution in [3.8, 4) is 0 Å². The molecule has 0 radical (unpaired) electrons. The van der Waals surface area contributed by atoms with E-state index in [9.17, 15) is 19.2 Å². The Morgan fingerprint density at radius 3 is 1.96 bits per heavy atom. The monoisotopic (exact) mass is 852 g/mol. The van der Waals surface area contributed by atoms with Crippen LogP contribution in [0, 0.1) is 12.8 Å². The molecule has 274 valence electrons. The van der Waals surface area contributed by atoms with E-state index in [1.54, 1.807) is 25.5 Å². The van der Waals surface area contributed by atoms with E-state index in [-0.39, 0.29) is 51.8 Å². The molecule has 0 bridgehead atoms. The number of aromatic nitrogens is 1. The molecule has 0 saturated carbocycles. The Kier molecular flexibility index (Phi) is 42.7. The van der Waals surface area contributed by atoms with Crippen LogP contribution in [0.25, 0.3) is 5.57 Å². The maximum Gasteiger partial charge on any atom is 0.308 e. The number of carbonyl (C=O) groups is 4. The number of aryl methyl sites for hydroxylation is 2. The van der Waals surface area contributed by atoms with Crippen LogP contribution in [0.3, 0.4) is 0 Å². The molecular weight excluding hydrogens is 794 g/mol. The van der Waals surface area contributed by atoms with E-state index in [4.69, 9.17) is 20.9 Å². The summed E-state index contributed by atoms with van der Waals surface area (Å²) < 4.78 is 9.56. The molecule has 0 aliphatic heterocycles. The van der Waals surface area contributed by atoms with Crippen molar-refractivity contribution in [2.45, 2.75) is 52.9 Å². The van der Waals surface area contributed by atoms with Crippen molar-refractivity contribution >= 4 is 30.1 Å². The predicted molar refractivity (Wildman–Crippen MR) is 192 cm³/mol. The van der Waals surface area contributed by atoms with Gasteiger partial charge in [-0.15, -0.1) is 0 Å². The fourth-order valence-corrected chi connectivity index (χ4v) is 2.94. The van der Waals surface area contributed by atoms with Crippen LogP contribution >= 0.6 is 0 Å². The molecule has 6 N–H and O–H groups in total. The Labute approximate surface area is 303 Å². The fourth-order valence-electron chi connectivity index (χ4n) is 2.94. The van der Waals surface area contributed by atoms with Crippen molar-refractivity contribution in [3.63, 3.8) is 0 Å². The molecule has 0 aliphatic carbocycles. The van der Waals surface area contributed by atoms with Crippen molar-refractivity contribution < 1.29 is 49.7 Å². The second-order valence-electron chi connectivity index (χ2n) is 9.81. The van der Waals surface area contributed by atoms with Gasteiger partial charge >= 0.3 is 11.9 Å². The molecule has 2 rings (SSSR count). The van der Waals surface area contributed by atoms with Crippen LogP contribution in [0.4, 0.5) is 0 Å². The second-order valence-corrected chi connectivity index (χ2v) is 9.81. The van der Waals surface area contributed by atoms with Gasteiger partial charge in [0.25, 0.3) is 0 Å². The topological polar surface area (TPSA) is 176 Å². The number of aldehydes is 2. The largest absolute Gasteiger partial charge is 0.466 e. The summed E-state index contributed by atoms with van der Waals surface area (Å²) in [5.74, 6) is -0.391. The molecule has 0 spiro atoms. The Hall–Kier alpha value is -3.34. The van der Waals surface area contributed by atoms with Crippen molar-refractivity contribution in [1.82, 2.24) is 15.6 Å². The normalized spacial score (nSPS) is 9.65. The maximum atomic E-state index is 11.0. The number of rotatable bonds is 17. The third kappa shape index (κ3) is 35.5. The molecular formula is C36H59N5O6Pt. The number of esters is 2. The van der Waals surface area contributed by atoms with Gasteiger partial charge in [-0.05, 0) is 76.2 Å². The summed E-state index contributed by atoms with van der Waals surface area (Å²) in [5, 5.41) is 5.82. The summed E-state index contributed by atoms with van der Waals surface area (Å²) in [7, 11) is 3.65. The Morgan fingerprint density at radius 2 is 1.50 bits per heavy atom. The minimum absolute atomic E-state index is 0. The van der Waals surface area contributed by atoms with Gasteiger partial charge in [0.2, 0.25) is 0 Å². The first kappa shape index (κ1) is 51.5. The standard InChI is InChI=1S/C11H12.C8H17NO2.C8H9NO.C7H13NO3.C2H8N2.Pt/c1-4-10(3)11-7-5-9(2)6-8-11;1-4-11-8(10)7(2)5-6-9-3;10-7-1-2-8-3-5-9-6-4-8;1-8-4-6-11-7(10)3-2-5-9;3-1-2-4;/h4-8H,1,3H2,2H3;7,9H,4-6H2,1-3H3;3-7H,1-2H2;5,8H,2-4,6H2,1H3;1-4H2;/t;7-;;;;/m.1..../s1. The summed E-state index contributed by atoms with van der Waals surface area (Å²) in [6.45, 7) is 16.8. The Balaban J connectivity index is -0.000000257. The number of pyridine rings is 1. The van der Waals surface area contributed by atoms with Crippen LogP contribution in [0.1, 0.15) is 56.2 Å². The van der Waals surface area contributed by atoms with Gasteiger partial charge in [-0.25, -0.2) is 0 Å². The number of nitrogens with zero attached hydrogens (tertiary/aromatic N) is 1. The summed E-state index contributed by atoms with van der Waals surface area (Å²) >= 11 is 0. The zero-order chi connectivity index (χ0) is 36.1. The van der Waals surface area contributed by atoms with Crippen LogP contribution in [-0.2, 0) is 56.1 Å². The summed E-state index contributed by atoms with van der Waals surface area (Å²) in [6.07, 6.45) is 9.58. The van der Waals surface area contributed by atoms with Gasteiger partial charge in [0.15, 0.2) is 0 Å². The van der Waals surface area contributed by atoms with E-state index < -0.39 is 0 Å². The molecule has 0 unspecified atom stereocenters. The first-order valence-corrected chi connectivity index (χ1v) is 15.8. The molecule has 12 heteroatoms. The van der Waals surface area contributed by atoms with E-state index in [0.29, 0.717) is 45.6 Å². The molecule has 1 atom stereocenters. The molecule has 2 aromatic rings. The SMILES string of the molecule is C=CC(=C)c1ccc(C)cc1.CCOC(=O)[C@H](C)CCNC.CNCCOC(=O)CCC=O.NCCN.O=CCCc1ccncc1.[Pt]. The molecule has 1 aromatic carbocycles. The average Bonchev–Trinajstić information content (AvgIpc) is 3.10. The number of likely N-dealkylation sites (N-methyl/N-ethyl adjacent to an activating group) is 1. The van der Waals surface area contributed by atoms with E-state index in [0.717, 1.165) is 36.8 Å². The van der Waals surface area contributed by atoms with E-state index >= 15 is 0 Å². The van der Waals surface area contributed by atoms with E-state index in [2.05, 4.69) is 60.0 Å². The number of allylic oxidation sites excluding steroid dienone is 2. The van der Waals surface area contributed by atoms with Gasteiger partial charge in [0.1, 0.15) is 19.2 Å². The number of hydrogen-bond acceptors (Lipinski definition) is 11. The molecule has 11 nitrogen and oxygen atoms in total. The molecule has 48 heavy (non-hydrogen) atoms. The number of benzene rings is 1. The Morgan fingerprint density at radius 1 is 0.938 bits per heavy atom. The molecule has 0 amide bonds. The number of nitrogens with one attached hydrogen (secondary N) is 2. The fraction of sp³-hybridized carbons (Fsp3) is 0.472. The second kappa shape index (κ2) is 39.8. The Bertz CT molecular complexity index is 1070. The van der Waals surface area contributed by atoms with Crippen molar-refractivity contribution in [2.24, 2.45) is 17.4 Å². The smallest absolute Gasteiger partial charge is 0.308 e. The van der Waals surface area contributed by atoms with Gasteiger partial charge in [-0.1, -0.05) is 56.0 Å². The zero-order valence-electron chi connectivity index (χ0n) is 29.5. The van der Waals surface area contributed by atoms with E-state index in [1.165, 1.54) is 11.1 Å². The molecule has 0 aliphatic rings. The van der Waals surface area contributed by atoms with Gasteiger partial charge < -0.3 is 41.2 Å². The van der Waals surface area contributed by atoms with Crippen LogP contribution in [0.2, 0.25) is 0 Å². The molecule has 1 heterocycles. The summed E-state index contributed by atoms with van der Waals surface area (Å²) in [4.78, 5) is 45.3. The average molecular weight is 853 g/mol. The zero-order valence-corrected chi connectivity index (χ0v) is 31.8. The number of hydrogen-bond donors (Lipinski definition) is 4. The van der Waals surface area contributed by atoms with E-state index in [1.807, 2.05) is 33.0 Å². The van der Waals surface area contributed by atoms with Gasteiger partial charge in [0.05, 0.1) is 18.9 Å². The van der Waals surface area contributed by atoms with Crippen LogP contribution in [0.5, 0.6) is 0 Å². The number of nitrogens with two attached hydrogens (primary N) is 2. The van der Waals surface area contributed by atoms with Crippen LogP contribution in [-0.4, -0.2) is 83.0 Å². The van der Waals surface area contributed by atoms with Gasteiger partial charge in [0, 0.05) is 65.9 Å². The minimum Gasteiger partial charge on any atom is -0.466 e. The maximum absolute atomic E-state index is 11.0. The first-order valence-electron chi connectivity index (χ1n) is 15.8. The summed E-state index contributed by atoms with van der Waals surface area (Å²) in [5.41, 5.74) is 14.4. The van der Waals surface area contributed by atoms with Crippen LogP contribution < -0.4 is 22.1 Å². The van der Waals surface area contributed by atoms with Crippen molar-refractivity contribution in [2.75, 3.05) is 53.5 Å². The van der Waals surface area contributed by atoms with Gasteiger partial charge in [-0.3, -0.25) is 14.6 Å². The van der Waals surface area contributed by atoms with Crippen LogP contribution in [0.15, 0.2) is 68.0 Å². The molecule has 1 aromatic heterocycles. The predicted octanol–water partition coefficient (Wildman–Crippen LogP) is 3.83. The van der Waals surface area contributed by atoms with Gasteiger partial charge in [-0.2, -0.15) is 0 Å². The van der Waals surface area contributed by atoms with Crippen molar-refractivity contribution in [3.05, 3.63) is 84.7 Å². The first-order chi connectivity index (χ1) is 22.6. The minimum atomic E-state index is -0.313. The third-order valence-corrected chi connectivity index (χ3v) is 5.73. The molecule has 0 fully saturated rings. The number of ether oxygens (including phenoxy) is 2. The number of carbonyl (C=O) groups excluding carboxylic acids is 4. The summed E-state index contributed by atoms with van der Waals surface area (Å²) in [6, 6.07) is 12.1. The third-order valence-electron chi connectivity index (χ3n) is 5.73.